The number of carbonyl (C=O) groups excluding carboxylic acids is 4. The summed E-state index contributed by atoms with van der Waals surface area (Å²) in [5, 5.41) is 21.1. The summed E-state index contributed by atoms with van der Waals surface area (Å²) in [5.41, 5.74) is -5.69. The monoisotopic (exact) mass is 604 g/mol. The number of carboxylic acid groups (broad SMARTS) is 1. The van der Waals surface area contributed by atoms with E-state index < -0.39 is 76.3 Å². The first-order chi connectivity index (χ1) is 20.2. The zero-order valence-corrected chi connectivity index (χ0v) is 25.7. The van der Waals surface area contributed by atoms with Gasteiger partial charge >= 0.3 is 17.9 Å². The largest absolute Gasteiger partial charge is 0.481 e. The second-order valence-corrected chi connectivity index (χ2v) is 13.1. The van der Waals surface area contributed by atoms with Crippen molar-refractivity contribution in [2.75, 3.05) is 6.61 Å². The molecule has 3 saturated carbocycles. The third-order valence-electron chi connectivity index (χ3n) is 11.0. The number of ketones is 2. The topological polar surface area (TPSA) is 144 Å². The van der Waals surface area contributed by atoms with Crippen LogP contribution in [-0.4, -0.2) is 63.7 Å². The first kappa shape index (κ1) is 33.0. The summed E-state index contributed by atoms with van der Waals surface area (Å²) in [6.07, 6.45) is 5.47. The van der Waals surface area contributed by atoms with Crippen LogP contribution in [-0.2, 0) is 33.4 Å². The molecule has 0 spiro atoms. The number of fused-ring (bicyclic) bond motifs is 5. The summed E-state index contributed by atoms with van der Waals surface area (Å²) in [4.78, 5) is 62.8. The van der Waals surface area contributed by atoms with Crippen LogP contribution in [0.5, 0.6) is 0 Å². The molecule has 0 heterocycles. The lowest BCUT2D eigenvalue weighted by Gasteiger charge is -2.63. The number of rotatable bonds is 12. The van der Waals surface area contributed by atoms with E-state index in [0.29, 0.717) is 50.5 Å². The molecule has 4 rings (SSSR count). The number of aliphatic hydroxyl groups is 1. The number of halogens is 1. The molecular formula is C33H45FO9. The molecule has 0 aromatic heterocycles. The van der Waals surface area contributed by atoms with Gasteiger partial charge in [-0.15, -0.1) is 0 Å². The van der Waals surface area contributed by atoms with Crippen LogP contribution in [0.2, 0.25) is 0 Å². The third kappa shape index (κ3) is 5.17. The maximum Gasteiger partial charge on any atom is 0.306 e. The predicted molar refractivity (Wildman–Crippen MR) is 153 cm³/mol. The lowest BCUT2D eigenvalue weighted by Crippen LogP contribution is -2.70. The number of ether oxygens (including phenoxy) is 2. The number of aliphatic carboxylic acids is 1. The molecule has 2 N–H and O–H groups in total. The molecule has 0 aromatic carbocycles. The van der Waals surface area contributed by atoms with E-state index in [-0.39, 0.29) is 31.5 Å². The minimum absolute atomic E-state index is 0.0140. The van der Waals surface area contributed by atoms with Gasteiger partial charge in [-0.3, -0.25) is 24.0 Å². The first-order valence-corrected chi connectivity index (χ1v) is 15.7. The van der Waals surface area contributed by atoms with Gasteiger partial charge < -0.3 is 19.7 Å². The SMILES string of the molecule is CCC(=O)OCC(=O)[C@@]1(OC(=O)CC)[C@@H](C)C[C@H]2[C@@H]3CCC4=CC(=O)C=C[C@]4(C)C3(F)[C@@H](O)C[C@@]21CCCCCC(=O)O. The molecule has 9 nitrogen and oxygen atoms in total. The Morgan fingerprint density at radius 3 is 2.42 bits per heavy atom. The van der Waals surface area contributed by atoms with Crippen molar-refractivity contribution in [2.24, 2.45) is 28.6 Å². The summed E-state index contributed by atoms with van der Waals surface area (Å²) < 4.78 is 29.3. The number of carbonyl (C=O) groups is 5. The number of aliphatic hydroxyl groups excluding tert-OH is 1. The second-order valence-electron chi connectivity index (χ2n) is 13.1. The van der Waals surface area contributed by atoms with Gasteiger partial charge in [0.25, 0.3) is 0 Å². The van der Waals surface area contributed by atoms with Crippen molar-refractivity contribution in [1.29, 1.82) is 0 Å². The molecule has 0 aliphatic heterocycles. The molecule has 8 atom stereocenters. The van der Waals surface area contributed by atoms with E-state index in [1.807, 2.05) is 0 Å². The average molecular weight is 605 g/mol. The molecule has 0 bridgehead atoms. The van der Waals surface area contributed by atoms with Crippen LogP contribution >= 0.6 is 0 Å². The van der Waals surface area contributed by atoms with Crippen molar-refractivity contribution in [3.63, 3.8) is 0 Å². The molecule has 4 aliphatic rings. The highest BCUT2D eigenvalue weighted by Crippen LogP contribution is 2.72. The lowest BCUT2D eigenvalue weighted by molar-refractivity contribution is -0.235. The molecule has 238 valence electrons. The van der Waals surface area contributed by atoms with Gasteiger partial charge in [0.2, 0.25) is 5.78 Å². The Balaban J connectivity index is 1.84. The normalized spacial score (nSPS) is 37.9. The summed E-state index contributed by atoms with van der Waals surface area (Å²) in [7, 11) is 0. The van der Waals surface area contributed by atoms with Gasteiger partial charge in [0.1, 0.15) is 0 Å². The molecule has 3 fully saturated rings. The van der Waals surface area contributed by atoms with E-state index in [1.165, 1.54) is 12.2 Å². The van der Waals surface area contributed by atoms with Gasteiger partial charge in [0, 0.05) is 41.9 Å². The highest BCUT2D eigenvalue weighted by Gasteiger charge is 2.78. The number of carboxylic acids is 1. The third-order valence-corrected chi connectivity index (χ3v) is 11.0. The maximum atomic E-state index is 17.8. The summed E-state index contributed by atoms with van der Waals surface area (Å²) in [6, 6.07) is 0. The van der Waals surface area contributed by atoms with Crippen LogP contribution in [0.4, 0.5) is 4.39 Å². The van der Waals surface area contributed by atoms with Crippen LogP contribution in [0.25, 0.3) is 0 Å². The molecule has 1 unspecified atom stereocenters. The van der Waals surface area contributed by atoms with E-state index in [1.54, 1.807) is 33.8 Å². The first-order valence-electron chi connectivity index (χ1n) is 15.7. The Bertz CT molecular complexity index is 1220. The van der Waals surface area contributed by atoms with Crippen molar-refractivity contribution in [3.8, 4) is 0 Å². The Kier molecular flexibility index (Phi) is 9.41. The Morgan fingerprint density at radius 1 is 1.07 bits per heavy atom. The number of hydrogen-bond donors (Lipinski definition) is 2. The number of Topliss-reactive ketones (excluding diaryl/α,β-unsaturated/α-hetero) is 1. The fourth-order valence-corrected chi connectivity index (χ4v) is 9.09. The van der Waals surface area contributed by atoms with E-state index in [4.69, 9.17) is 14.6 Å². The number of alkyl halides is 1. The number of hydrogen-bond acceptors (Lipinski definition) is 8. The zero-order valence-electron chi connectivity index (χ0n) is 25.7. The van der Waals surface area contributed by atoms with Crippen molar-refractivity contribution >= 4 is 29.5 Å². The van der Waals surface area contributed by atoms with Crippen LogP contribution < -0.4 is 0 Å². The van der Waals surface area contributed by atoms with Crippen molar-refractivity contribution in [3.05, 3.63) is 23.8 Å². The van der Waals surface area contributed by atoms with Gasteiger partial charge in [-0.25, -0.2) is 4.39 Å². The Labute approximate surface area is 252 Å². The fourth-order valence-electron chi connectivity index (χ4n) is 9.09. The van der Waals surface area contributed by atoms with E-state index >= 15 is 4.39 Å². The summed E-state index contributed by atoms with van der Waals surface area (Å²) >= 11 is 0. The minimum atomic E-state index is -2.14. The smallest absolute Gasteiger partial charge is 0.306 e. The molecule has 10 heteroatoms. The van der Waals surface area contributed by atoms with Gasteiger partial charge in [0.05, 0.1) is 6.10 Å². The molecular weight excluding hydrogens is 559 g/mol. The Hall–Kier alpha value is -2.88. The molecule has 0 amide bonds. The molecule has 4 aliphatic carbocycles. The van der Waals surface area contributed by atoms with Gasteiger partial charge in [-0.1, -0.05) is 45.3 Å². The summed E-state index contributed by atoms with van der Waals surface area (Å²) in [5.74, 6) is -4.68. The van der Waals surface area contributed by atoms with Gasteiger partial charge in [0.15, 0.2) is 23.7 Å². The Morgan fingerprint density at radius 2 is 1.77 bits per heavy atom. The highest BCUT2D eigenvalue weighted by molar-refractivity contribution is 6.01. The molecule has 0 aromatic rings. The second kappa shape index (κ2) is 12.3. The van der Waals surface area contributed by atoms with Crippen LogP contribution in [0, 0.1) is 28.6 Å². The zero-order chi connectivity index (χ0) is 31.8. The van der Waals surface area contributed by atoms with Gasteiger partial charge in [-0.05, 0) is 63.5 Å². The maximum absolute atomic E-state index is 17.8. The standard InChI is InChI=1S/C33H45FO9/c1-5-28(40)42-19-26(37)33(43-29(41)6-2)20(3)16-24-23-12-11-21-17-22(35)13-15-30(21,4)32(23,34)25(36)18-31(24,33)14-9-7-8-10-27(38)39/h13,15,17,20,23-25,36H,5-12,14,16,18-19H2,1-4H3,(H,38,39)/t20-,23-,24-,25-,30-,31-,32?,33-/m0/s1. The molecule has 0 saturated heterocycles. The van der Waals surface area contributed by atoms with E-state index in [9.17, 15) is 29.1 Å². The summed E-state index contributed by atoms with van der Waals surface area (Å²) in [6.45, 7) is 6.12. The fraction of sp³-hybridized carbons (Fsp3) is 0.727. The quantitative estimate of drug-likeness (QED) is 0.236. The van der Waals surface area contributed by atoms with Crippen molar-refractivity contribution < 1.29 is 48.0 Å². The van der Waals surface area contributed by atoms with Crippen LogP contribution in [0.1, 0.15) is 98.3 Å². The number of unbranched alkanes of at least 4 members (excludes halogenated alkanes) is 2. The minimum Gasteiger partial charge on any atom is -0.481 e. The van der Waals surface area contributed by atoms with Crippen LogP contribution in [0.15, 0.2) is 23.8 Å². The van der Waals surface area contributed by atoms with E-state index in [2.05, 4.69) is 0 Å². The number of allylic oxidation sites excluding steroid dienone is 4. The number of esters is 2. The van der Waals surface area contributed by atoms with E-state index in [0.717, 1.165) is 0 Å². The lowest BCUT2D eigenvalue weighted by atomic mass is 9.43. The van der Waals surface area contributed by atoms with Gasteiger partial charge in [-0.2, -0.15) is 0 Å². The van der Waals surface area contributed by atoms with Crippen molar-refractivity contribution in [1.82, 2.24) is 0 Å². The molecule has 43 heavy (non-hydrogen) atoms. The van der Waals surface area contributed by atoms with Crippen LogP contribution in [0.3, 0.4) is 0 Å². The predicted octanol–water partition coefficient (Wildman–Crippen LogP) is 4.83. The highest BCUT2D eigenvalue weighted by atomic mass is 19.1. The van der Waals surface area contributed by atoms with Crippen molar-refractivity contribution in [2.45, 2.75) is 116 Å². The molecule has 0 radical (unpaired) electrons. The average Bonchev–Trinajstić information content (AvgIpc) is 3.19.